The molecule has 5 nitrogen and oxygen atoms in total. The fourth-order valence-electron chi connectivity index (χ4n) is 1.98. The van der Waals surface area contributed by atoms with Crippen molar-refractivity contribution in [1.29, 1.82) is 0 Å². The number of aryl methyl sites for hydroxylation is 1. The number of carbonyl (C=O) groups excluding carboxylic acids is 1. The zero-order valence-corrected chi connectivity index (χ0v) is 11.1. The van der Waals surface area contributed by atoms with Crippen LogP contribution in [0.4, 0.5) is 5.69 Å². The number of nitrogens with two attached hydrogens (primary N) is 1. The van der Waals surface area contributed by atoms with E-state index < -0.39 is 0 Å². The van der Waals surface area contributed by atoms with Crippen molar-refractivity contribution in [2.75, 3.05) is 25.1 Å². The molecule has 1 aliphatic heterocycles. The number of anilines is 1. The van der Waals surface area contributed by atoms with Crippen LogP contribution in [-0.2, 0) is 4.79 Å². The number of carbonyl (C=O) groups is 1. The van der Waals surface area contributed by atoms with Gasteiger partial charge in [0.25, 0.3) is 0 Å². The van der Waals surface area contributed by atoms with E-state index in [-0.39, 0.29) is 6.41 Å². The van der Waals surface area contributed by atoms with Gasteiger partial charge in [-0.25, -0.2) is 0 Å². The molecule has 3 N–H and O–H groups in total. The van der Waals surface area contributed by atoms with Crippen molar-refractivity contribution >= 4 is 12.1 Å². The summed E-state index contributed by atoms with van der Waals surface area (Å²) in [4.78, 5) is 8.58. The summed E-state index contributed by atoms with van der Waals surface area (Å²) < 4.78 is 11.4. The number of rotatable bonds is 3. The monoisotopic (exact) mass is 264 g/mol. The van der Waals surface area contributed by atoms with E-state index in [0.29, 0.717) is 0 Å². The molecule has 1 aliphatic carbocycles. The third kappa shape index (κ3) is 3.77. The molecule has 0 spiro atoms. The molecular formula is C14H20N2O3. The normalized spacial score (nSPS) is 16.1. The number of fused-ring (bicyclic) bond motifs is 1. The molecule has 1 fully saturated rings. The molecule has 2 aliphatic rings. The molecule has 1 heterocycles. The van der Waals surface area contributed by atoms with Gasteiger partial charge in [-0.3, -0.25) is 4.79 Å². The zero-order chi connectivity index (χ0) is 13.7. The van der Waals surface area contributed by atoms with Crippen LogP contribution in [0.25, 0.3) is 0 Å². The van der Waals surface area contributed by atoms with E-state index in [0.717, 1.165) is 42.9 Å². The maximum Gasteiger partial charge on any atom is 0.204 e. The Morgan fingerprint density at radius 1 is 1.53 bits per heavy atom. The van der Waals surface area contributed by atoms with Crippen LogP contribution in [0.3, 0.4) is 0 Å². The molecule has 0 unspecified atom stereocenters. The smallest absolute Gasteiger partial charge is 0.204 e. The Morgan fingerprint density at radius 3 is 2.95 bits per heavy atom. The van der Waals surface area contributed by atoms with Gasteiger partial charge < -0.3 is 20.5 Å². The Balaban J connectivity index is 0.000000408. The summed E-state index contributed by atoms with van der Waals surface area (Å²) in [5, 5.41) is 3.35. The van der Waals surface area contributed by atoms with E-state index in [1.165, 1.54) is 18.4 Å². The van der Waals surface area contributed by atoms with E-state index in [1.807, 2.05) is 6.07 Å². The van der Waals surface area contributed by atoms with Crippen molar-refractivity contribution in [2.45, 2.75) is 19.8 Å². The van der Waals surface area contributed by atoms with E-state index in [1.54, 1.807) is 0 Å². The van der Waals surface area contributed by atoms with E-state index >= 15 is 0 Å². The highest BCUT2D eigenvalue weighted by atomic mass is 16.5. The SMILES string of the molecule is Cc1cc(OCC2CC2)cc2c1NCCO2.NC=O. The molecule has 1 amide bonds. The lowest BCUT2D eigenvalue weighted by molar-refractivity contribution is -0.106. The second-order valence-electron chi connectivity index (χ2n) is 4.78. The predicted molar refractivity (Wildman–Crippen MR) is 73.6 cm³/mol. The fraction of sp³-hybridized carbons (Fsp3) is 0.500. The Labute approximate surface area is 113 Å². The van der Waals surface area contributed by atoms with Crippen LogP contribution in [-0.4, -0.2) is 26.2 Å². The number of hydrogen-bond acceptors (Lipinski definition) is 4. The number of primary amides is 1. The number of ether oxygens (including phenoxy) is 2. The van der Waals surface area contributed by atoms with Gasteiger partial charge in [-0.2, -0.15) is 0 Å². The highest BCUT2D eigenvalue weighted by molar-refractivity contribution is 5.65. The van der Waals surface area contributed by atoms with Gasteiger partial charge in [-0.05, 0) is 37.3 Å². The number of amides is 1. The van der Waals surface area contributed by atoms with Gasteiger partial charge in [-0.1, -0.05) is 0 Å². The predicted octanol–water partition coefficient (Wildman–Crippen LogP) is 1.69. The van der Waals surface area contributed by atoms with Crippen LogP contribution in [0.15, 0.2) is 12.1 Å². The molecule has 0 atom stereocenters. The van der Waals surface area contributed by atoms with E-state index in [4.69, 9.17) is 14.3 Å². The third-order valence-corrected chi connectivity index (χ3v) is 3.12. The summed E-state index contributed by atoms with van der Waals surface area (Å²) in [6.07, 6.45) is 2.89. The minimum absolute atomic E-state index is 0.250. The largest absolute Gasteiger partial charge is 0.493 e. The average molecular weight is 264 g/mol. The zero-order valence-electron chi connectivity index (χ0n) is 11.1. The van der Waals surface area contributed by atoms with Crippen LogP contribution in [0.2, 0.25) is 0 Å². The molecule has 104 valence electrons. The van der Waals surface area contributed by atoms with Crippen molar-refractivity contribution < 1.29 is 14.3 Å². The Hall–Kier alpha value is -1.91. The summed E-state index contributed by atoms with van der Waals surface area (Å²) in [7, 11) is 0. The van der Waals surface area contributed by atoms with Crippen molar-refractivity contribution in [3.05, 3.63) is 17.7 Å². The second kappa shape index (κ2) is 6.31. The van der Waals surface area contributed by atoms with Crippen molar-refractivity contribution in [3.8, 4) is 11.5 Å². The summed E-state index contributed by atoms with van der Waals surface area (Å²) in [5.41, 5.74) is 6.48. The maximum absolute atomic E-state index is 8.58. The highest BCUT2D eigenvalue weighted by Crippen LogP contribution is 2.36. The van der Waals surface area contributed by atoms with Gasteiger partial charge in [0.1, 0.15) is 18.1 Å². The lowest BCUT2D eigenvalue weighted by atomic mass is 10.1. The molecule has 0 bridgehead atoms. The molecule has 3 rings (SSSR count). The molecule has 0 saturated heterocycles. The van der Waals surface area contributed by atoms with Crippen molar-refractivity contribution in [3.63, 3.8) is 0 Å². The van der Waals surface area contributed by atoms with E-state index in [9.17, 15) is 0 Å². The first-order valence-electron chi connectivity index (χ1n) is 6.54. The molecule has 1 saturated carbocycles. The van der Waals surface area contributed by atoms with E-state index in [2.05, 4.69) is 24.0 Å². The standard InChI is InChI=1S/C13H17NO2.CH3NO/c1-9-6-11(16-8-10-2-3-10)7-12-13(9)14-4-5-15-12;2-1-3/h6-7,10,14H,2-5,8H2,1H3;1H,(H2,2,3). The highest BCUT2D eigenvalue weighted by Gasteiger charge is 2.22. The van der Waals surface area contributed by atoms with Crippen LogP contribution in [0.5, 0.6) is 11.5 Å². The summed E-state index contributed by atoms with van der Waals surface area (Å²) in [5.74, 6) is 2.65. The van der Waals surface area contributed by atoms with Crippen molar-refractivity contribution in [1.82, 2.24) is 0 Å². The molecule has 1 aromatic rings. The molecule has 19 heavy (non-hydrogen) atoms. The maximum atomic E-state index is 8.58. The average Bonchev–Trinajstić information content (AvgIpc) is 3.21. The van der Waals surface area contributed by atoms with Crippen LogP contribution in [0.1, 0.15) is 18.4 Å². The van der Waals surface area contributed by atoms with Crippen molar-refractivity contribution in [2.24, 2.45) is 11.7 Å². The fourth-order valence-corrected chi connectivity index (χ4v) is 1.98. The van der Waals surface area contributed by atoms with Crippen LogP contribution >= 0.6 is 0 Å². The summed E-state index contributed by atoms with van der Waals surface area (Å²) in [6, 6.07) is 4.08. The van der Waals surface area contributed by atoms with Gasteiger partial charge in [0.15, 0.2) is 0 Å². The molecule has 1 aromatic carbocycles. The number of benzene rings is 1. The Bertz CT molecular complexity index is 445. The van der Waals surface area contributed by atoms with Gasteiger partial charge in [0.05, 0.1) is 12.3 Å². The Kier molecular flexibility index (Phi) is 4.49. The third-order valence-electron chi connectivity index (χ3n) is 3.12. The lowest BCUT2D eigenvalue weighted by Gasteiger charge is -2.22. The minimum atomic E-state index is 0.250. The van der Waals surface area contributed by atoms with Gasteiger partial charge >= 0.3 is 0 Å². The molecule has 5 heteroatoms. The Morgan fingerprint density at radius 2 is 2.26 bits per heavy atom. The first-order valence-corrected chi connectivity index (χ1v) is 6.54. The quantitative estimate of drug-likeness (QED) is 0.815. The molecule has 0 radical (unpaired) electrons. The van der Waals surface area contributed by atoms with Gasteiger partial charge in [0, 0.05) is 12.6 Å². The van der Waals surface area contributed by atoms with Crippen LogP contribution < -0.4 is 20.5 Å². The second-order valence-corrected chi connectivity index (χ2v) is 4.78. The first kappa shape index (κ1) is 13.5. The number of hydrogen-bond donors (Lipinski definition) is 2. The summed E-state index contributed by atoms with van der Waals surface area (Å²) >= 11 is 0. The van der Waals surface area contributed by atoms with Crippen LogP contribution in [0, 0.1) is 12.8 Å². The van der Waals surface area contributed by atoms with Gasteiger partial charge in [-0.15, -0.1) is 0 Å². The molecular weight excluding hydrogens is 244 g/mol. The number of nitrogens with one attached hydrogen (secondary N) is 1. The first-order chi connectivity index (χ1) is 9.24. The van der Waals surface area contributed by atoms with Gasteiger partial charge in [0.2, 0.25) is 6.41 Å². The lowest BCUT2D eigenvalue weighted by Crippen LogP contribution is -2.19. The summed E-state index contributed by atoms with van der Waals surface area (Å²) in [6.45, 7) is 4.56. The topological polar surface area (TPSA) is 73.6 Å². The molecule has 0 aromatic heterocycles. The minimum Gasteiger partial charge on any atom is -0.493 e.